The molecule has 0 aliphatic rings. The van der Waals surface area contributed by atoms with Crippen molar-refractivity contribution in [1.82, 2.24) is 24.3 Å². The van der Waals surface area contributed by atoms with Gasteiger partial charge in [0.2, 0.25) is 0 Å². The second-order valence-corrected chi connectivity index (χ2v) is 12.3. The first kappa shape index (κ1) is 27.4. The minimum atomic E-state index is 0.706. The van der Waals surface area contributed by atoms with Crippen LogP contribution in [-0.2, 0) is 0 Å². The van der Waals surface area contributed by atoms with Crippen molar-refractivity contribution in [1.29, 1.82) is 0 Å². The summed E-state index contributed by atoms with van der Waals surface area (Å²) in [5.41, 5.74) is 11.9. The van der Waals surface area contributed by atoms with Crippen molar-refractivity contribution in [3.05, 3.63) is 164 Å². The number of para-hydroxylation sites is 2. The molecular weight excluding hydrogens is 599 g/mol. The largest absolute Gasteiger partial charge is 0.298 e. The van der Waals surface area contributed by atoms with Gasteiger partial charge in [0.25, 0.3) is 0 Å². The van der Waals surface area contributed by atoms with Gasteiger partial charge in [0.1, 0.15) is 11.2 Å². The van der Waals surface area contributed by atoms with E-state index in [1.54, 1.807) is 0 Å². The summed E-state index contributed by atoms with van der Waals surface area (Å²) in [5, 5.41) is 4.49. The van der Waals surface area contributed by atoms with E-state index in [9.17, 15) is 0 Å². The quantitative estimate of drug-likeness (QED) is 0.195. The van der Waals surface area contributed by atoms with Gasteiger partial charge in [-0.3, -0.25) is 4.40 Å². The number of pyridine rings is 2. The number of hydrogen-bond acceptors (Lipinski definition) is 4. The zero-order valence-electron chi connectivity index (χ0n) is 26.3. The van der Waals surface area contributed by atoms with Crippen molar-refractivity contribution in [2.45, 2.75) is 0 Å². The molecule has 0 radical (unpaired) electrons. The molecule has 0 aliphatic heterocycles. The second kappa shape index (κ2) is 10.9. The normalized spacial score (nSPS) is 11.7. The summed E-state index contributed by atoms with van der Waals surface area (Å²) in [6, 6.07) is 54.7. The molecule has 0 saturated carbocycles. The fourth-order valence-corrected chi connectivity index (χ4v) is 6.98. The van der Waals surface area contributed by atoms with Gasteiger partial charge in [-0.05, 0) is 58.3 Å². The minimum absolute atomic E-state index is 0.706. The predicted molar refractivity (Wildman–Crippen MR) is 200 cm³/mol. The third-order valence-corrected chi connectivity index (χ3v) is 9.38. The first-order valence-electron chi connectivity index (χ1n) is 16.4. The van der Waals surface area contributed by atoms with Crippen molar-refractivity contribution in [2.24, 2.45) is 0 Å². The molecule has 5 heteroatoms. The van der Waals surface area contributed by atoms with E-state index in [0.717, 1.165) is 77.7 Å². The first-order valence-corrected chi connectivity index (χ1v) is 16.4. The minimum Gasteiger partial charge on any atom is -0.298 e. The highest BCUT2D eigenvalue weighted by molar-refractivity contribution is 6.09. The standard InChI is InChI=1S/C44H27N5/c1-2-11-31-27-34(24-21-28(31)10-1)40-35-14-3-6-17-38(35)46-44(48-40)30-22-19-29(20-23-30)32-12-9-13-33(26-32)41-43-42(36-15-4-5-16-37(36)45-41)47-39-18-7-8-25-49(39)43/h1-27H. The van der Waals surface area contributed by atoms with Gasteiger partial charge in [0.05, 0.1) is 27.9 Å². The van der Waals surface area contributed by atoms with E-state index < -0.39 is 0 Å². The molecule has 10 rings (SSSR count). The summed E-state index contributed by atoms with van der Waals surface area (Å²) in [6.45, 7) is 0. The Labute approximate surface area is 281 Å². The van der Waals surface area contributed by atoms with Crippen LogP contribution in [0.1, 0.15) is 0 Å². The maximum Gasteiger partial charge on any atom is 0.160 e. The fraction of sp³-hybridized carbons (Fsp3) is 0. The van der Waals surface area contributed by atoms with Gasteiger partial charge in [-0.25, -0.2) is 19.9 Å². The van der Waals surface area contributed by atoms with Gasteiger partial charge in [-0.15, -0.1) is 0 Å². The molecular formula is C44H27N5. The molecule has 6 aromatic carbocycles. The van der Waals surface area contributed by atoms with Crippen LogP contribution in [0.25, 0.3) is 94.3 Å². The average Bonchev–Trinajstić information content (AvgIpc) is 3.57. The lowest BCUT2D eigenvalue weighted by Gasteiger charge is -2.11. The fourth-order valence-electron chi connectivity index (χ4n) is 6.98. The van der Waals surface area contributed by atoms with Crippen LogP contribution in [0.2, 0.25) is 0 Å². The zero-order valence-corrected chi connectivity index (χ0v) is 26.3. The van der Waals surface area contributed by atoms with E-state index in [-0.39, 0.29) is 0 Å². The van der Waals surface area contributed by atoms with Crippen LogP contribution in [0.3, 0.4) is 0 Å². The highest BCUT2D eigenvalue weighted by Crippen LogP contribution is 2.36. The number of fused-ring (bicyclic) bond motifs is 7. The second-order valence-electron chi connectivity index (χ2n) is 12.3. The Morgan fingerprint density at radius 3 is 1.94 bits per heavy atom. The molecule has 4 aromatic heterocycles. The van der Waals surface area contributed by atoms with Crippen molar-refractivity contribution in [3.63, 3.8) is 0 Å². The molecule has 49 heavy (non-hydrogen) atoms. The average molecular weight is 626 g/mol. The van der Waals surface area contributed by atoms with Crippen LogP contribution in [0, 0.1) is 0 Å². The van der Waals surface area contributed by atoms with Crippen LogP contribution >= 0.6 is 0 Å². The van der Waals surface area contributed by atoms with Crippen molar-refractivity contribution in [2.75, 3.05) is 0 Å². The highest BCUT2D eigenvalue weighted by atomic mass is 15.0. The van der Waals surface area contributed by atoms with Crippen molar-refractivity contribution < 1.29 is 0 Å². The number of imidazole rings is 1. The highest BCUT2D eigenvalue weighted by Gasteiger charge is 2.17. The summed E-state index contributed by atoms with van der Waals surface area (Å²) in [4.78, 5) is 20.3. The zero-order chi connectivity index (χ0) is 32.3. The van der Waals surface area contributed by atoms with E-state index >= 15 is 0 Å². The SMILES string of the molecule is c1cc(-c2ccc(-c3nc(-c4ccc5ccccc5c4)c4ccccc4n3)cc2)cc(-c2nc3ccccc3c3nc4ccccn4c23)c1. The van der Waals surface area contributed by atoms with Gasteiger partial charge >= 0.3 is 0 Å². The molecule has 0 unspecified atom stereocenters. The Morgan fingerprint density at radius 2 is 1.06 bits per heavy atom. The van der Waals surface area contributed by atoms with Gasteiger partial charge in [-0.2, -0.15) is 0 Å². The van der Waals surface area contributed by atoms with E-state index in [0.29, 0.717) is 5.82 Å². The van der Waals surface area contributed by atoms with Crippen LogP contribution < -0.4 is 0 Å². The summed E-state index contributed by atoms with van der Waals surface area (Å²) < 4.78 is 2.14. The number of rotatable bonds is 4. The molecule has 0 atom stereocenters. The van der Waals surface area contributed by atoms with Crippen LogP contribution in [0.4, 0.5) is 0 Å². The van der Waals surface area contributed by atoms with Gasteiger partial charge < -0.3 is 0 Å². The van der Waals surface area contributed by atoms with Gasteiger partial charge in [0, 0.05) is 33.7 Å². The smallest absolute Gasteiger partial charge is 0.160 e. The lowest BCUT2D eigenvalue weighted by atomic mass is 9.99. The molecule has 5 nitrogen and oxygen atoms in total. The summed E-state index contributed by atoms with van der Waals surface area (Å²) >= 11 is 0. The number of benzene rings is 6. The van der Waals surface area contributed by atoms with Crippen molar-refractivity contribution in [3.8, 4) is 45.0 Å². The molecule has 4 heterocycles. The number of aromatic nitrogens is 5. The third-order valence-electron chi connectivity index (χ3n) is 9.38. The molecule has 10 aromatic rings. The Balaban J connectivity index is 1.06. The first-order chi connectivity index (χ1) is 24.3. The van der Waals surface area contributed by atoms with Gasteiger partial charge in [-0.1, -0.05) is 121 Å². The summed E-state index contributed by atoms with van der Waals surface area (Å²) in [6.07, 6.45) is 2.06. The van der Waals surface area contributed by atoms with Crippen LogP contribution in [-0.4, -0.2) is 24.3 Å². The molecule has 0 bridgehead atoms. The molecule has 228 valence electrons. The van der Waals surface area contributed by atoms with Crippen LogP contribution in [0.15, 0.2) is 164 Å². The van der Waals surface area contributed by atoms with E-state index in [4.69, 9.17) is 19.9 Å². The van der Waals surface area contributed by atoms with E-state index in [1.807, 2.05) is 42.5 Å². The molecule has 0 spiro atoms. The van der Waals surface area contributed by atoms with E-state index in [2.05, 4.69) is 126 Å². The topological polar surface area (TPSA) is 56.0 Å². The number of hydrogen-bond donors (Lipinski definition) is 0. The summed E-state index contributed by atoms with van der Waals surface area (Å²) in [5.74, 6) is 0.706. The Morgan fingerprint density at radius 1 is 0.388 bits per heavy atom. The molecule has 0 saturated heterocycles. The predicted octanol–water partition coefficient (Wildman–Crippen LogP) is 10.8. The molecule has 0 N–H and O–H groups in total. The Bertz CT molecular complexity index is 2890. The molecule has 0 fully saturated rings. The summed E-state index contributed by atoms with van der Waals surface area (Å²) in [7, 11) is 0. The van der Waals surface area contributed by atoms with Crippen molar-refractivity contribution >= 4 is 49.3 Å². The Kier molecular flexibility index (Phi) is 6.11. The lowest BCUT2D eigenvalue weighted by Crippen LogP contribution is -1.95. The maximum absolute atomic E-state index is 5.18. The third kappa shape index (κ3) is 4.55. The maximum atomic E-state index is 5.18. The van der Waals surface area contributed by atoms with Gasteiger partial charge in [0.15, 0.2) is 5.82 Å². The molecule has 0 aliphatic carbocycles. The number of nitrogens with zero attached hydrogens (tertiary/aromatic N) is 5. The molecule has 0 amide bonds. The monoisotopic (exact) mass is 625 g/mol. The Hall–Kier alpha value is -6.72. The lowest BCUT2D eigenvalue weighted by molar-refractivity contribution is 1.22. The van der Waals surface area contributed by atoms with Crippen LogP contribution in [0.5, 0.6) is 0 Å². The van der Waals surface area contributed by atoms with E-state index in [1.165, 1.54) is 10.8 Å².